The van der Waals surface area contributed by atoms with Gasteiger partial charge >= 0.3 is 6.01 Å². The first-order valence-corrected chi connectivity index (χ1v) is 15.4. The van der Waals surface area contributed by atoms with Gasteiger partial charge in [-0.15, -0.1) is 0 Å². The number of ether oxygens (including phenoxy) is 2. The van der Waals surface area contributed by atoms with Gasteiger partial charge in [-0.05, 0) is 44.1 Å². The van der Waals surface area contributed by atoms with Gasteiger partial charge in [0.15, 0.2) is 0 Å². The van der Waals surface area contributed by atoms with E-state index in [2.05, 4.69) is 65.7 Å². The number of carbonyl (C=O) groups excluding carboxylic acids is 1. The molecule has 4 heterocycles. The van der Waals surface area contributed by atoms with Crippen LogP contribution in [0.15, 0.2) is 49.1 Å². The first-order valence-electron chi connectivity index (χ1n) is 15.0. The molecule has 1 amide bonds. The van der Waals surface area contributed by atoms with Gasteiger partial charge in [-0.3, -0.25) is 4.79 Å². The van der Waals surface area contributed by atoms with Crippen molar-refractivity contribution in [2.75, 3.05) is 76.4 Å². The number of anilines is 2. The van der Waals surface area contributed by atoms with Crippen molar-refractivity contribution in [2.45, 2.75) is 25.4 Å². The molecule has 0 bridgehead atoms. The van der Waals surface area contributed by atoms with Crippen LogP contribution in [0.5, 0.6) is 6.01 Å². The highest BCUT2D eigenvalue weighted by molar-refractivity contribution is 6.36. The molecule has 0 saturated carbocycles. The van der Waals surface area contributed by atoms with E-state index < -0.39 is 0 Å². The monoisotopic (exact) mass is 615 g/mol. The highest BCUT2D eigenvalue weighted by atomic mass is 35.5. The van der Waals surface area contributed by atoms with Crippen molar-refractivity contribution in [3.05, 3.63) is 65.3 Å². The van der Waals surface area contributed by atoms with E-state index in [0.29, 0.717) is 52.0 Å². The summed E-state index contributed by atoms with van der Waals surface area (Å²) in [5.74, 6) is 0.665. The first kappa shape index (κ1) is 30.1. The zero-order valence-corrected chi connectivity index (χ0v) is 26.1. The van der Waals surface area contributed by atoms with Gasteiger partial charge < -0.3 is 29.1 Å². The molecule has 2 saturated heterocycles. The molecule has 3 aliphatic heterocycles. The second-order valence-corrected chi connectivity index (χ2v) is 12.7. The van der Waals surface area contributed by atoms with E-state index in [1.807, 2.05) is 12.1 Å². The average Bonchev–Trinajstić information content (AvgIpc) is 3.01. The maximum atomic E-state index is 12.6. The minimum Gasteiger partial charge on any atom is -0.463 e. The van der Waals surface area contributed by atoms with Gasteiger partial charge in [0.25, 0.3) is 0 Å². The smallest absolute Gasteiger partial charge is 0.318 e. The molecule has 44 heavy (non-hydrogen) atoms. The van der Waals surface area contributed by atoms with E-state index in [0.717, 1.165) is 58.1 Å². The van der Waals surface area contributed by atoms with E-state index in [1.165, 1.54) is 6.08 Å². The number of nitrogens with zero attached hydrogens (tertiary/aromatic N) is 7. The summed E-state index contributed by atoms with van der Waals surface area (Å²) in [6.07, 6.45) is 2.29. The Bertz CT molecular complexity index is 1600. The van der Waals surface area contributed by atoms with Crippen molar-refractivity contribution >= 4 is 39.8 Å². The maximum Gasteiger partial charge on any atom is 0.318 e. The highest BCUT2D eigenvalue weighted by Gasteiger charge is 2.41. The third-order valence-corrected chi connectivity index (χ3v) is 9.05. The van der Waals surface area contributed by atoms with Crippen LogP contribution < -0.4 is 14.5 Å². The van der Waals surface area contributed by atoms with Crippen LogP contribution in [-0.2, 0) is 22.5 Å². The van der Waals surface area contributed by atoms with E-state index in [9.17, 15) is 10.1 Å². The molecule has 0 radical (unpaired) electrons. The number of amides is 1. The molecule has 1 aromatic heterocycles. The molecule has 0 N–H and O–H groups in total. The third-order valence-electron chi connectivity index (χ3n) is 8.74. The molecule has 1 unspecified atom stereocenters. The molecule has 230 valence electrons. The molecule has 11 heteroatoms. The summed E-state index contributed by atoms with van der Waals surface area (Å²) in [6, 6.07) is 14.6. The fourth-order valence-corrected chi connectivity index (χ4v) is 6.97. The molecule has 10 nitrogen and oxygen atoms in total. The Morgan fingerprint density at radius 3 is 2.70 bits per heavy atom. The minimum absolute atomic E-state index is 0.108. The molecule has 6 rings (SSSR count). The van der Waals surface area contributed by atoms with E-state index in [4.69, 9.17) is 31.0 Å². The number of piperazine rings is 1. The van der Waals surface area contributed by atoms with Crippen LogP contribution in [0, 0.1) is 16.7 Å². The fraction of sp³-hybridized carbons (Fsp3) is 0.455. The summed E-state index contributed by atoms with van der Waals surface area (Å²) in [5.41, 5.74) is 2.95. The maximum absolute atomic E-state index is 12.6. The molecular weight excluding hydrogens is 578 g/mol. The van der Waals surface area contributed by atoms with Gasteiger partial charge in [-0.1, -0.05) is 42.4 Å². The molecular formula is C33H38ClN7O3. The lowest BCUT2D eigenvalue weighted by Gasteiger charge is -2.43. The van der Waals surface area contributed by atoms with Crippen LogP contribution in [0.25, 0.3) is 10.8 Å². The van der Waals surface area contributed by atoms with Gasteiger partial charge in [0, 0.05) is 49.4 Å². The number of nitriles is 1. The standard InChI is InChI=1S/C33H38ClN7O3/c1-4-29(42)41-16-15-40(17-24(41)11-13-35)31-25-12-14-39(28-10-6-8-23-7-5-9-26(34)30(23)28)18-27(25)36-32(37-31)44-22-33(19-38(2)3)20-43-21-33/h4-10,24H,1,11-12,14-22H2,2-3H3. The number of hydrogen-bond acceptors (Lipinski definition) is 9. The molecule has 1 atom stereocenters. The SMILES string of the molecule is C=CC(=O)N1CCN(c2nc(OCC3(CN(C)C)COC3)nc3c2CCN(c2cccc4cccc(Cl)c24)C3)CC1CC#N. The van der Waals surface area contributed by atoms with Gasteiger partial charge in [-0.2, -0.15) is 15.2 Å². The van der Waals surface area contributed by atoms with Crippen molar-refractivity contribution in [1.82, 2.24) is 19.8 Å². The van der Waals surface area contributed by atoms with E-state index in [1.54, 1.807) is 4.90 Å². The Hall–Kier alpha value is -3.91. The fourth-order valence-electron chi connectivity index (χ4n) is 6.69. The number of aromatic nitrogens is 2. The van der Waals surface area contributed by atoms with Gasteiger partial charge in [0.2, 0.25) is 5.91 Å². The molecule has 0 aliphatic carbocycles. The quantitative estimate of drug-likeness (QED) is 0.332. The summed E-state index contributed by atoms with van der Waals surface area (Å²) in [5, 5.41) is 12.4. The van der Waals surface area contributed by atoms with Gasteiger partial charge in [0.05, 0.1) is 54.4 Å². The Morgan fingerprint density at radius 2 is 2.00 bits per heavy atom. The summed E-state index contributed by atoms with van der Waals surface area (Å²) in [7, 11) is 4.10. The first-order chi connectivity index (χ1) is 21.3. The van der Waals surface area contributed by atoms with E-state index in [-0.39, 0.29) is 23.8 Å². The lowest BCUT2D eigenvalue weighted by molar-refractivity contribution is -0.140. The Balaban J connectivity index is 1.34. The number of rotatable bonds is 9. The molecule has 2 fully saturated rings. The van der Waals surface area contributed by atoms with Crippen LogP contribution in [0.4, 0.5) is 11.5 Å². The second kappa shape index (κ2) is 12.6. The summed E-state index contributed by atoms with van der Waals surface area (Å²) >= 11 is 6.71. The third kappa shape index (κ3) is 5.92. The van der Waals surface area contributed by atoms with Gasteiger partial charge in [0.1, 0.15) is 12.4 Å². The van der Waals surface area contributed by atoms with Crippen molar-refractivity contribution < 1.29 is 14.3 Å². The van der Waals surface area contributed by atoms with Crippen LogP contribution in [0.3, 0.4) is 0 Å². The number of carbonyl (C=O) groups is 1. The topological polar surface area (TPSA) is 98.1 Å². The summed E-state index contributed by atoms with van der Waals surface area (Å²) in [4.78, 5) is 30.9. The van der Waals surface area contributed by atoms with Crippen LogP contribution >= 0.6 is 11.6 Å². The van der Waals surface area contributed by atoms with Crippen molar-refractivity contribution in [3.8, 4) is 12.1 Å². The van der Waals surface area contributed by atoms with Crippen molar-refractivity contribution in [3.63, 3.8) is 0 Å². The highest BCUT2D eigenvalue weighted by Crippen LogP contribution is 2.38. The van der Waals surface area contributed by atoms with E-state index >= 15 is 0 Å². The largest absolute Gasteiger partial charge is 0.463 e. The minimum atomic E-state index is -0.261. The summed E-state index contributed by atoms with van der Waals surface area (Å²) < 4.78 is 11.9. The Kier molecular flexibility index (Phi) is 8.63. The Morgan fingerprint density at radius 1 is 1.20 bits per heavy atom. The molecule has 3 aliphatic rings. The number of hydrogen-bond donors (Lipinski definition) is 0. The van der Waals surface area contributed by atoms with Crippen molar-refractivity contribution in [1.29, 1.82) is 5.26 Å². The average molecular weight is 616 g/mol. The predicted molar refractivity (Wildman–Crippen MR) is 171 cm³/mol. The normalized spacial score (nSPS) is 19.3. The zero-order valence-electron chi connectivity index (χ0n) is 25.3. The summed E-state index contributed by atoms with van der Waals surface area (Å²) in [6.45, 7) is 9.13. The van der Waals surface area contributed by atoms with Crippen molar-refractivity contribution in [2.24, 2.45) is 5.41 Å². The molecule has 3 aromatic rings. The Labute approximate surface area is 263 Å². The van der Waals surface area contributed by atoms with Gasteiger partial charge in [-0.25, -0.2) is 0 Å². The predicted octanol–water partition coefficient (Wildman–Crippen LogP) is 3.92. The molecule has 2 aromatic carbocycles. The van der Waals surface area contributed by atoms with Crippen LogP contribution in [-0.4, -0.2) is 98.4 Å². The second-order valence-electron chi connectivity index (χ2n) is 12.3. The lowest BCUT2D eigenvalue weighted by atomic mass is 9.86. The number of benzene rings is 2. The van der Waals surface area contributed by atoms with Crippen LogP contribution in [0.1, 0.15) is 17.7 Å². The number of halogens is 1. The van der Waals surface area contributed by atoms with Crippen LogP contribution in [0.2, 0.25) is 5.02 Å². The number of fused-ring (bicyclic) bond motifs is 2. The lowest BCUT2D eigenvalue weighted by Crippen LogP contribution is -2.55. The molecule has 0 spiro atoms. The zero-order chi connectivity index (χ0) is 30.8.